The summed E-state index contributed by atoms with van der Waals surface area (Å²) in [6.45, 7) is 7.06. The molecule has 0 saturated heterocycles. The number of rotatable bonds is 2. The highest BCUT2D eigenvalue weighted by Gasteiger charge is 2.33. The summed E-state index contributed by atoms with van der Waals surface area (Å²) in [5.74, 6) is 3.49. The van der Waals surface area contributed by atoms with Crippen molar-refractivity contribution in [3.63, 3.8) is 0 Å². The summed E-state index contributed by atoms with van der Waals surface area (Å²) in [5, 5.41) is 4.27. The van der Waals surface area contributed by atoms with E-state index in [1.165, 1.54) is 25.7 Å². The van der Waals surface area contributed by atoms with Gasteiger partial charge in [0, 0.05) is 17.9 Å². The molecule has 4 nitrogen and oxygen atoms in total. The van der Waals surface area contributed by atoms with Gasteiger partial charge in [0.05, 0.1) is 0 Å². The van der Waals surface area contributed by atoms with Crippen molar-refractivity contribution in [1.29, 1.82) is 0 Å². The Bertz CT molecular complexity index is 469. The molecule has 2 aliphatic carbocycles. The van der Waals surface area contributed by atoms with Gasteiger partial charge in [-0.25, -0.2) is 0 Å². The predicted octanol–water partition coefficient (Wildman–Crippen LogP) is 3.98. The van der Waals surface area contributed by atoms with Crippen LogP contribution in [0, 0.1) is 11.3 Å². The third kappa shape index (κ3) is 3.31. The average Bonchev–Trinajstić information content (AvgIpc) is 3.06. The Kier molecular flexibility index (Phi) is 4.08. The lowest BCUT2D eigenvalue weighted by molar-refractivity contribution is 0.166. The van der Waals surface area contributed by atoms with E-state index in [0.717, 1.165) is 36.9 Å². The van der Waals surface area contributed by atoms with Gasteiger partial charge in [-0.15, -0.1) is 0 Å². The van der Waals surface area contributed by atoms with Crippen LogP contribution in [-0.2, 0) is 0 Å². The maximum absolute atomic E-state index is 5.98. The van der Waals surface area contributed by atoms with Crippen molar-refractivity contribution in [2.75, 3.05) is 0 Å². The fraction of sp³-hybridized carbons (Fsp3) is 0.882. The Balaban J connectivity index is 1.60. The van der Waals surface area contributed by atoms with Gasteiger partial charge in [-0.05, 0) is 56.3 Å². The topological polar surface area (TPSA) is 64.9 Å². The first-order valence-corrected chi connectivity index (χ1v) is 8.52. The summed E-state index contributed by atoms with van der Waals surface area (Å²) in [6, 6.07) is 0.313. The standard InChI is InChI=1S/C17H29N3O/c1-17(2,3)13-7-4-11(5-8-13)15-19-16(21-20-15)12-6-9-14(18)10-12/h11-14H,4-10,18H2,1-3H3. The van der Waals surface area contributed by atoms with Gasteiger partial charge in [-0.1, -0.05) is 25.9 Å². The molecule has 2 saturated carbocycles. The van der Waals surface area contributed by atoms with Crippen LogP contribution in [0.1, 0.15) is 89.3 Å². The van der Waals surface area contributed by atoms with Crippen LogP contribution in [0.3, 0.4) is 0 Å². The van der Waals surface area contributed by atoms with Gasteiger partial charge in [-0.2, -0.15) is 4.98 Å². The molecule has 0 radical (unpaired) electrons. The van der Waals surface area contributed by atoms with Crippen LogP contribution in [0.5, 0.6) is 0 Å². The molecule has 0 spiro atoms. The third-order valence-corrected chi connectivity index (χ3v) is 5.60. The summed E-state index contributed by atoms with van der Waals surface area (Å²) in [6.07, 6.45) is 8.14. The molecule has 21 heavy (non-hydrogen) atoms. The number of aromatic nitrogens is 2. The monoisotopic (exact) mass is 291 g/mol. The molecular formula is C17H29N3O. The lowest BCUT2D eigenvalue weighted by atomic mass is 9.70. The smallest absolute Gasteiger partial charge is 0.229 e. The van der Waals surface area contributed by atoms with Crippen LogP contribution < -0.4 is 5.73 Å². The van der Waals surface area contributed by atoms with Crippen molar-refractivity contribution in [2.24, 2.45) is 17.1 Å². The van der Waals surface area contributed by atoms with Crippen molar-refractivity contribution < 1.29 is 4.52 Å². The van der Waals surface area contributed by atoms with E-state index in [1.807, 2.05) is 0 Å². The summed E-state index contributed by atoms with van der Waals surface area (Å²) in [5.41, 5.74) is 6.40. The van der Waals surface area contributed by atoms with E-state index in [1.54, 1.807) is 0 Å². The van der Waals surface area contributed by atoms with E-state index in [0.29, 0.717) is 23.3 Å². The second-order valence-corrected chi connectivity index (χ2v) is 8.18. The first kappa shape index (κ1) is 15.0. The second-order valence-electron chi connectivity index (χ2n) is 8.18. The lowest BCUT2D eigenvalue weighted by Gasteiger charge is -2.36. The van der Waals surface area contributed by atoms with Gasteiger partial charge >= 0.3 is 0 Å². The van der Waals surface area contributed by atoms with Crippen LogP contribution in [0.15, 0.2) is 4.52 Å². The first-order chi connectivity index (χ1) is 9.93. The molecule has 2 atom stereocenters. The van der Waals surface area contributed by atoms with Gasteiger partial charge in [0.1, 0.15) is 0 Å². The number of nitrogens with two attached hydrogens (primary N) is 1. The molecule has 0 aliphatic heterocycles. The number of nitrogens with zero attached hydrogens (tertiary/aromatic N) is 2. The van der Waals surface area contributed by atoms with Crippen LogP contribution >= 0.6 is 0 Å². The van der Waals surface area contributed by atoms with Gasteiger partial charge in [0.2, 0.25) is 5.89 Å². The number of hydrogen-bond acceptors (Lipinski definition) is 4. The minimum atomic E-state index is 0.313. The van der Waals surface area contributed by atoms with Gasteiger partial charge < -0.3 is 10.3 Å². The lowest BCUT2D eigenvalue weighted by Crippen LogP contribution is -2.25. The molecule has 0 amide bonds. The third-order valence-electron chi connectivity index (χ3n) is 5.60. The van der Waals surface area contributed by atoms with E-state index in [4.69, 9.17) is 15.2 Å². The zero-order chi connectivity index (χ0) is 15.0. The molecule has 0 aromatic carbocycles. The van der Waals surface area contributed by atoms with Crippen LogP contribution in [0.4, 0.5) is 0 Å². The summed E-state index contributed by atoms with van der Waals surface area (Å²) in [7, 11) is 0. The minimum Gasteiger partial charge on any atom is -0.339 e. The fourth-order valence-corrected chi connectivity index (χ4v) is 4.04. The summed E-state index contributed by atoms with van der Waals surface area (Å²) < 4.78 is 5.53. The maximum Gasteiger partial charge on any atom is 0.229 e. The number of hydrogen-bond donors (Lipinski definition) is 1. The quantitative estimate of drug-likeness (QED) is 0.895. The van der Waals surface area contributed by atoms with Crippen molar-refractivity contribution in [1.82, 2.24) is 10.1 Å². The predicted molar refractivity (Wildman–Crippen MR) is 83.0 cm³/mol. The summed E-state index contributed by atoms with van der Waals surface area (Å²) in [4.78, 5) is 4.70. The first-order valence-electron chi connectivity index (χ1n) is 8.52. The van der Waals surface area contributed by atoms with Crippen LogP contribution in [0.2, 0.25) is 0 Å². The normalized spacial score (nSPS) is 34.3. The van der Waals surface area contributed by atoms with Crippen LogP contribution in [0.25, 0.3) is 0 Å². The van der Waals surface area contributed by atoms with Crippen molar-refractivity contribution in [2.45, 2.75) is 83.6 Å². The molecule has 1 aromatic heterocycles. The Morgan fingerprint density at radius 2 is 1.67 bits per heavy atom. The molecule has 0 bridgehead atoms. The SMILES string of the molecule is CC(C)(C)C1CCC(c2noc(C3CCC(N)C3)n2)CC1. The van der Waals surface area contributed by atoms with Gasteiger partial charge in [0.15, 0.2) is 5.82 Å². The zero-order valence-electron chi connectivity index (χ0n) is 13.6. The molecule has 1 heterocycles. The van der Waals surface area contributed by atoms with Crippen molar-refractivity contribution in [3.8, 4) is 0 Å². The average molecular weight is 291 g/mol. The Morgan fingerprint density at radius 1 is 1.00 bits per heavy atom. The van der Waals surface area contributed by atoms with E-state index in [2.05, 4.69) is 25.9 Å². The molecule has 4 heteroatoms. The molecule has 2 fully saturated rings. The fourth-order valence-electron chi connectivity index (χ4n) is 4.04. The van der Waals surface area contributed by atoms with E-state index < -0.39 is 0 Å². The molecule has 1 aromatic rings. The molecule has 3 rings (SSSR count). The zero-order valence-corrected chi connectivity index (χ0v) is 13.6. The Morgan fingerprint density at radius 3 is 2.24 bits per heavy atom. The molecule has 2 N–H and O–H groups in total. The Hall–Kier alpha value is -0.900. The second kappa shape index (κ2) is 5.71. The highest BCUT2D eigenvalue weighted by Crippen LogP contribution is 2.43. The Labute approximate surface area is 127 Å². The van der Waals surface area contributed by atoms with Crippen molar-refractivity contribution >= 4 is 0 Å². The molecule has 2 aliphatic rings. The summed E-state index contributed by atoms with van der Waals surface area (Å²) >= 11 is 0. The van der Waals surface area contributed by atoms with E-state index in [9.17, 15) is 0 Å². The van der Waals surface area contributed by atoms with Crippen LogP contribution in [-0.4, -0.2) is 16.2 Å². The van der Waals surface area contributed by atoms with Gasteiger partial charge in [0.25, 0.3) is 0 Å². The largest absolute Gasteiger partial charge is 0.339 e. The maximum atomic E-state index is 5.98. The molecule has 2 unspecified atom stereocenters. The van der Waals surface area contributed by atoms with Gasteiger partial charge in [-0.3, -0.25) is 0 Å². The van der Waals surface area contributed by atoms with E-state index >= 15 is 0 Å². The molecule has 118 valence electrons. The highest BCUT2D eigenvalue weighted by atomic mass is 16.5. The van der Waals surface area contributed by atoms with E-state index in [-0.39, 0.29) is 0 Å². The highest BCUT2D eigenvalue weighted by molar-refractivity contribution is 5.03. The molecular weight excluding hydrogens is 262 g/mol. The van der Waals surface area contributed by atoms with Crippen molar-refractivity contribution in [3.05, 3.63) is 11.7 Å². The minimum absolute atomic E-state index is 0.313.